The Morgan fingerprint density at radius 2 is 2.06 bits per heavy atom. The Kier molecular flexibility index (Phi) is 5.66. The second-order valence-corrected chi connectivity index (χ2v) is 5.01. The number of halogens is 1. The van der Waals surface area contributed by atoms with Gasteiger partial charge in [-0.2, -0.15) is 0 Å². The van der Waals surface area contributed by atoms with E-state index in [9.17, 15) is 4.79 Å². The van der Waals surface area contributed by atoms with E-state index < -0.39 is 6.10 Å². The minimum absolute atomic E-state index is 0.0174. The van der Waals surface area contributed by atoms with Crippen molar-refractivity contribution in [1.29, 1.82) is 0 Å². The van der Waals surface area contributed by atoms with Gasteiger partial charge in [-0.1, -0.05) is 37.6 Å². The quantitative estimate of drug-likeness (QED) is 0.718. The molecule has 0 amide bonds. The fraction of sp³-hybridized carbons (Fsp3) is 0.500. The minimum atomic E-state index is -0.410. The van der Waals surface area contributed by atoms with E-state index in [1.165, 1.54) is 0 Å². The number of benzene rings is 1. The molecular formula is C14H19ClO2. The van der Waals surface area contributed by atoms with Gasteiger partial charge in [0.25, 0.3) is 0 Å². The summed E-state index contributed by atoms with van der Waals surface area (Å²) in [5.41, 5.74) is 0.606. The number of carbonyl (C=O) groups excluding carboxylic acids is 1. The molecule has 2 nitrogen and oxygen atoms in total. The number of hydrogen-bond acceptors (Lipinski definition) is 2. The zero-order valence-electron chi connectivity index (χ0n) is 10.6. The van der Waals surface area contributed by atoms with E-state index in [-0.39, 0.29) is 5.78 Å². The zero-order chi connectivity index (χ0) is 12.8. The summed E-state index contributed by atoms with van der Waals surface area (Å²) < 4.78 is 5.52. The maximum Gasteiger partial charge on any atom is 0.191 e. The van der Waals surface area contributed by atoms with Crippen LogP contribution in [0.3, 0.4) is 0 Å². The summed E-state index contributed by atoms with van der Waals surface area (Å²) in [7, 11) is 0. The van der Waals surface area contributed by atoms with E-state index in [1.54, 1.807) is 31.2 Å². The molecule has 0 aromatic heterocycles. The Hall–Kier alpha value is -0.860. The Morgan fingerprint density at radius 3 is 2.65 bits per heavy atom. The molecule has 0 saturated heterocycles. The van der Waals surface area contributed by atoms with Crippen molar-refractivity contribution in [2.45, 2.75) is 33.3 Å². The van der Waals surface area contributed by atoms with Crippen LogP contribution in [0.4, 0.5) is 0 Å². The molecule has 1 rings (SSSR count). The van der Waals surface area contributed by atoms with Crippen LogP contribution in [0, 0.1) is 5.92 Å². The molecule has 1 aromatic carbocycles. The number of rotatable bonds is 6. The van der Waals surface area contributed by atoms with Gasteiger partial charge in [-0.05, 0) is 31.4 Å². The molecule has 0 aliphatic heterocycles. The monoisotopic (exact) mass is 254 g/mol. The summed E-state index contributed by atoms with van der Waals surface area (Å²) in [5, 5.41) is 0.574. The molecule has 94 valence electrons. The summed E-state index contributed by atoms with van der Waals surface area (Å²) in [6.45, 7) is 6.66. The van der Waals surface area contributed by atoms with Crippen LogP contribution >= 0.6 is 11.6 Å². The number of hydrogen-bond donors (Lipinski definition) is 0. The lowest BCUT2D eigenvalue weighted by Crippen LogP contribution is -2.21. The van der Waals surface area contributed by atoms with Gasteiger partial charge in [0, 0.05) is 17.2 Å². The maximum absolute atomic E-state index is 12.0. The van der Waals surface area contributed by atoms with Crippen LogP contribution < -0.4 is 0 Å². The summed E-state index contributed by atoms with van der Waals surface area (Å²) >= 11 is 5.85. The van der Waals surface area contributed by atoms with Crippen LogP contribution in [-0.2, 0) is 4.74 Å². The number of Topliss-reactive ketones (excluding diaryl/α,β-unsaturated/α-hetero) is 1. The van der Waals surface area contributed by atoms with Gasteiger partial charge in [-0.15, -0.1) is 0 Å². The first-order chi connectivity index (χ1) is 8.00. The second kappa shape index (κ2) is 6.77. The van der Waals surface area contributed by atoms with Crippen LogP contribution in [0.2, 0.25) is 5.02 Å². The number of ether oxygens (including phenoxy) is 1. The van der Waals surface area contributed by atoms with Crippen LogP contribution in [0.25, 0.3) is 0 Å². The lowest BCUT2D eigenvalue weighted by Gasteiger charge is -2.13. The zero-order valence-corrected chi connectivity index (χ0v) is 11.3. The SMILES string of the molecule is CC(C)CCOC(C)C(=O)c1cccc(Cl)c1. The molecule has 0 aliphatic rings. The molecule has 3 heteroatoms. The van der Waals surface area contributed by atoms with Crippen molar-refractivity contribution >= 4 is 17.4 Å². The molecule has 17 heavy (non-hydrogen) atoms. The van der Waals surface area contributed by atoms with E-state index in [4.69, 9.17) is 16.3 Å². The van der Waals surface area contributed by atoms with Gasteiger partial charge in [-0.3, -0.25) is 4.79 Å². The average Bonchev–Trinajstić information content (AvgIpc) is 2.27. The first kappa shape index (κ1) is 14.2. The predicted molar refractivity (Wildman–Crippen MR) is 70.7 cm³/mol. The highest BCUT2D eigenvalue weighted by molar-refractivity contribution is 6.31. The summed E-state index contributed by atoms with van der Waals surface area (Å²) in [4.78, 5) is 12.0. The Bertz CT molecular complexity index is 374. The van der Waals surface area contributed by atoms with Crippen LogP contribution in [0.15, 0.2) is 24.3 Å². The topological polar surface area (TPSA) is 26.3 Å². The third-order valence-electron chi connectivity index (χ3n) is 2.54. The van der Waals surface area contributed by atoms with Crippen molar-refractivity contribution < 1.29 is 9.53 Å². The molecule has 0 radical (unpaired) electrons. The highest BCUT2D eigenvalue weighted by Crippen LogP contribution is 2.13. The lowest BCUT2D eigenvalue weighted by molar-refractivity contribution is 0.0443. The fourth-order valence-corrected chi connectivity index (χ4v) is 1.62. The Balaban J connectivity index is 2.52. The molecule has 0 bridgehead atoms. The summed E-state index contributed by atoms with van der Waals surface area (Å²) in [6, 6.07) is 6.96. The van der Waals surface area contributed by atoms with Crippen molar-refractivity contribution in [3.63, 3.8) is 0 Å². The first-order valence-electron chi connectivity index (χ1n) is 5.92. The minimum Gasteiger partial charge on any atom is -0.370 e. The first-order valence-corrected chi connectivity index (χ1v) is 6.30. The lowest BCUT2D eigenvalue weighted by atomic mass is 10.1. The molecule has 1 aromatic rings. The largest absolute Gasteiger partial charge is 0.370 e. The van der Waals surface area contributed by atoms with Crippen LogP contribution in [0.5, 0.6) is 0 Å². The molecule has 1 atom stereocenters. The van der Waals surface area contributed by atoms with Gasteiger partial charge in [0.15, 0.2) is 5.78 Å². The highest BCUT2D eigenvalue weighted by Gasteiger charge is 2.15. The van der Waals surface area contributed by atoms with Gasteiger partial charge in [-0.25, -0.2) is 0 Å². The van der Waals surface area contributed by atoms with Crippen molar-refractivity contribution in [3.8, 4) is 0 Å². The van der Waals surface area contributed by atoms with Crippen molar-refractivity contribution in [1.82, 2.24) is 0 Å². The van der Waals surface area contributed by atoms with E-state index in [2.05, 4.69) is 13.8 Å². The van der Waals surface area contributed by atoms with E-state index >= 15 is 0 Å². The number of carbonyl (C=O) groups is 1. The number of ketones is 1. The molecule has 0 spiro atoms. The highest BCUT2D eigenvalue weighted by atomic mass is 35.5. The van der Waals surface area contributed by atoms with E-state index in [0.29, 0.717) is 23.1 Å². The van der Waals surface area contributed by atoms with Gasteiger partial charge < -0.3 is 4.74 Å². The van der Waals surface area contributed by atoms with Gasteiger partial charge in [0.2, 0.25) is 0 Å². The second-order valence-electron chi connectivity index (χ2n) is 4.57. The molecule has 0 aliphatic carbocycles. The van der Waals surface area contributed by atoms with Crippen LogP contribution in [0.1, 0.15) is 37.6 Å². The van der Waals surface area contributed by atoms with Gasteiger partial charge in [0.1, 0.15) is 6.10 Å². The van der Waals surface area contributed by atoms with Crippen molar-refractivity contribution in [2.24, 2.45) is 5.92 Å². The third kappa shape index (κ3) is 4.88. The smallest absolute Gasteiger partial charge is 0.191 e. The van der Waals surface area contributed by atoms with E-state index in [0.717, 1.165) is 6.42 Å². The average molecular weight is 255 g/mol. The molecule has 0 N–H and O–H groups in total. The van der Waals surface area contributed by atoms with Crippen LogP contribution in [-0.4, -0.2) is 18.5 Å². The molecule has 0 heterocycles. The van der Waals surface area contributed by atoms with Crippen molar-refractivity contribution in [3.05, 3.63) is 34.9 Å². The summed E-state index contributed by atoms with van der Waals surface area (Å²) in [6.07, 6.45) is 0.555. The van der Waals surface area contributed by atoms with E-state index in [1.807, 2.05) is 0 Å². The van der Waals surface area contributed by atoms with Gasteiger partial charge in [0.05, 0.1) is 0 Å². The summed E-state index contributed by atoms with van der Waals surface area (Å²) in [5.74, 6) is 0.569. The normalized spacial score (nSPS) is 12.8. The predicted octanol–water partition coefficient (Wildman–Crippen LogP) is 3.97. The third-order valence-corrected chi connectivity index (χ3v) is 2.78. The Labute approximate surface area is 108 Å². The molecule has 0 fully saturated rings. The van der Waals surface area contributed by atoms with Crippen molar-refractivity contribution in [2.75, 3.05) is 6.61 Å². The Morgan fingerprint density at radius 1 is 1.35 bits per heavy atom. The molecule has 0 saturated carbocycles. The molecule has 1 unspecified atom stereocenters. The maximum atomic E-state index is 12.0. The molecular weight excluding hydrogens is 236 g/mol. The standard InChI is InChI=1S/C14H19ClO2/c1-10(2)7-8-17-11(3)14(16)12-5-4-6-13(15)9-12/h4-6,9-11H,7-8H2,1-3H3. The fourth-order valence-electron chi connectivity index (χ4n) is 1.43. The van der Waals surface area contributed by atoms with Gasteiger partial charge >= 0.3 is 0 Å².